The first-order chi connectivity index (χ1) is 9.24. The highest BCUT2D eigenvalue weighted by Gasteiger charge is 2.21. The Bertz CT molecular complexity index is 484. The van der Waals surface area contributed by atoms with Crippen molar-refractivity contribution in [2.45, 2.75) is 29.8 Å². The van der Waals surface area contributed by atoms with Gasteiger partial charge in [-0.05, 0) is 24.1 Å². The Kier molecular flexibility index (Phi) is 4.87. The lowest BCUT2D eigenvalue weighted by Gasteiger charge is -2.22. The van der Waals surface area contributed by atoms with Crippen molar-refractivity contribution in [1.82, 2.24) is 9.97 Å². The SMILES string of the molecule is CCC(N)C(Sc1ncc[nH]1)c1ccc(OC)cc1. The number of nitrogens with two attached hydrogens (primary N) is 1. The van der Waals surface area contributed by atoms with Gasteiger partial charge in [-0.15, -0.1) is 0 Å². The number of imidazole rings is 1. The summed E-state index contributed by atoms with van der Waals surface area (Å²) in [5.41, 5.74) is 7.43. The van der Waals surface area contributed by atoms with Crippen LogP contribution < -0.4 is 10.5 Å². The highest BCUT2D eigenvalue weighted by atomic mass is 32.2. The Balaban J connectivity index is 2.20. The molecule has 0 saturated heterocycles. The zero-order chi connectivity index (χ0) is 13.7. The van der Waals surface area contributed by atoms with Gasteiger partial charge in [0.05, 0.1) is 12.4 Å². The molecular weight excluding hydrogens is 258 g/mol. The molecule has 1 aromatic heterocycles. The molecule has 102 valence electrons. The van der Waals surface area contributed by atoms with Gasteiger partial charge < -0.3 is 15.5 Å². The van der Waals surface area contributed by atoms with Crippen molar-refractivity contribution >= 4 is 11.8 Å². The van der Waals surface area contributed by atoms with Crippen molar-refractivity contribution in [3.05, 3.63) is 42.2 Å². The molecule has 0 bridgehead atoms. The molecule has 0 fully saturated rings. The molecule has 4 nitrogen and oxygen atoms in total. The minimum absolute atomic E-state index is 0.0866. The van der Waals surface area contributed by atoms with Crippen LogP contribution in [0.4, 0.5) is 0 Å². The molecule has 2 rings (SSSR count). The quantitative estimate of drug-likeness (QED) is 0.797. The van der Waals surface area contributed by atoms with Crippen LogP contribution in [-0.2, 0) is 0 Å². The molecule has 0 spiro atoms. The van der Waals surface area contributed by atoms with Gasteiger partial charge in [0.15, 0.2) is 5.16 Å². The van der Waals surface area contributed by atoms with Crippen LogP contribution in [0.1, 0.15) is 24.2 Å². The molecular formula is C14H19N3OS. The first-order valence-electron chi connectivity index (χ1n) is 6.30. The van der Waals surface area contributed by atoms with Gasteiger partial charge in [0.1, 0.15) is 5.75 Å². The van der Waals surface area contributed by atoms with E-state index in [1.54, 1.807) is 25.1 Å². The van der Waals surface area contributed by atoms with Crippen LogP contribution in [0.25, 0.3) is 0 Å². The number of hydrogen-bond donors (Lipinski definition) is 2. The number of aromatic nitrogens is 2. The Hall–Kier alpha value is -1.46. The number of rotatable bonds is 6. The molecule has 2 atom stereocenters. The molecule has 2 unspecified atom stereocenters. The van der Waals surface area contributed by atoms with E-state index in [-0.39, 0.29) is 11.3 Å². The maximum atomic E-state index is 6.24. The second-order valence-electron chi connectivity index (χ2n) is 4.28. The lowest BCUT2D eigenvalue weighted by molar-refractivity contribution is 0.414. The molecule has 0 radical (unpaired) electrons. The average molecular weight is 277 g/mol. The van der Waals surface area contributed by atoms with Crippen molar-refractivity contribution in [3.8, 4) is 5.75 Å². The number of nitrogens with zero attached hydrogens (tertiary/aromatic N) is 1. The minimum Gasteiger partial charge on any atom is -0.497 e. The molecule has 5 heteroatoms. The molecule has 1 aromatic carbocycles. The Morgan fingerprint density at radius 2 is 2.11 bits per heavy atom. The van der Waals surface area contributed by atoms with Gasteiger partial charge in [-0.2, -0.15) is 0 Å². The van der Waals surface area contributed by atoms with Gasteiger partial charge in [0.2, 0.25) is 0 Å². The van der Waals surface area contributed by atoms with Crippen LogP contribution in [0.5, 0.6) is 5.75 Å². The fourth-order valence-corrected chi connectivity index (χ4v) is 3.00. The monoisotopic (exact) mass is 277 g/mol. The molecule has 0 saturated carbocycles. The van der Waals surface area contributed by atoms with Gasteiger partial charge in [-0.1, -0.05) is 30.8 Å². The van der Waals surface area contributed by atoms with Crippen LogP contribution in [0, 0.1) is 0 Å². The third kappa shape index (κ3) is 3.52. The van der Waals surface area contributed by atoms with Crippen LogP contribution in [-0.4, -0.2) is 23.1 Å². The van der Waals surface area contributed by atoms with Crippen molar-refractivity contribution < 1.29 is 4.74 Å². The van der Waals surface area contributed by atoms with Crippen LogP contribution in [0.3, 0.4) is 0 Å². The van der Waals surface area contributed by atoms with Gasteiger partial charge >= 0.3 is 0 Å². The maximum Gasteiger partial charge on any atom is 0.165 e. The highest BCUT2D eigenvalue weighted by Crippen LogP contribution is 2.36. The minimum atomic E-state index is 0.0866. The number of benzene rings is 1. The summed E-state index contributed by atoms with van der Waals surface area (Å²) >= 11 is 1.66. The normalized spacial score (nSPS) is 14.1. The zero-order valence-corrected chi connectivity index (χ0v) is 12.0. The highest BCUT2D eigenvalue weighted by molar-refractivity contribution is 7.99. The Morgan fingerprint density at radius 1 is 1.37 bits per heavy atom. The molecule has 0 aliphatic rings. The van der Waals surface area contributed by atoms with Crippen molar-refractivity contribution in [3.63, 3.8) is 0 Å². The van der Waals surface area contributed by atoms with Crippen molar-refractivity contribution in [2.24, 2.45) is 5.73 Å². The summed E-state index contributed by atoms with van der Waals surface area (Å²) in [5, 5.41) is 1.08. The summed E-state index contributed by atoms with van der Waals surface area (Å²) in [7, 11) is 1.67. The lowest BCUT2D eigenvalue weighted by atomic mass is 10.0. The third-order valence-electron chi connectivity index (χ3n) is 3.02. The first kappa shape index (κ1) is 14.0. The van der Waals surface area contributed by atoms with E-state index in [9.17, 15) is 0 Å². The summed E-state index contributed by atoms with van der Waals surface area (Å²) in [6.45, 7) is 2.10. The van der Waals surface area contributed by atoms with Crippen molar-refractivity contribution in [2.75, 3.05) is 7.11 Å². The number of thioether (sulfide) groups is 1. The molecule has 1 heterocycles. The summed E-state index contributed by atoms with van der Waals surface area (Å²) in [6.07, 6.45) is 4.50. The molecule has 2 aromatic rings. The van der Waals surface area contributed by atoms with Crippen LogP contribution in [0.15, 0.2) is 41.8 Å². The number of ether oxygens (including phenoxy) is 1. The van der Waals surface area contributed by atoms with E-state index in [4.69, 9.17) is 10.5 Å². The maximum absolute atomic E-state index is 6.24. The second-order valence-corrected chi connectivity index (χ2v) is 5.41. The van der Waals surface area contributed by atoms with E-state index in [1.807, 2.05) is 18.3 Å². The number of aromatic amines is 1. The van der Waals surface area contributed by atoms with E-state index in [0.717, 1.165) is 17.3 Å². The van der Waals surface area contributed by atoms with Gasteiger partial charge in [-0.3, -0.25) is 0 Å². The first-order valence-corrected chi connectivity index (χ1v) is 7.18. The predicted molar refractivity (Wildman–Crippen MR) is 78.4 cm³/mol. The summed E-state index contributed by atoms with van der Waals surface area (Å²) in [5.74, 6) is 0.857. The number of hydrogen-bond acceptors (Lipinski definition) is 4. The standard InChI is InChI=1S/C14H19N3OS/c1-3-12(15)13(19-14-16-8-9-17-14)10-4-6-11(18-2)7-5-10/h4-9,12-13H,3,15H2,1-2H3,(H,16,17). The molecule has 3 N–H and O–H groups in total. The van der Waals surface area contributed by atoms with Crippen LogP contribution >= 0.6 is 11.8 Å². The van der Waals surface area contributed by atoms with E-state index >= 15 is 0 Å². The predicted octanol–water partition coefficient (Wildman–Crippen LogP) is 2.99. The fraction of sp³-hybridized carbons (Fsp3) is 0.357. The zero-order valence-electron chi connectivity index (χ0n) is 11.2. The number of nitrogens with one attached hydrogen (secondary N) is 1. The summed E-state index contributed by atoms with van der Waals surface area (Å²) in [4.78, 5) is 7.37. The largest absolute Gasteiger partial charge is 0.497 e. The van der Waals surface area contributed by atoms with E-state index in [2.05, 4.69) is 29.0 Å². The smallest absolute Gasteiger partial charge is 0.165 e. The molecule has 0 amide bonds. The van der Waals surface area contributed by atoms with Crippen LogP contribution in [0.2, 0.25) is 0 Å². The topological polar surface area (TPSA) is 63.9 Å². The molecule has 0 aliphatic heterocycles. The number of methoxy groups -OCH3 is 1. The van der Waals surface area contributed by atoms with Crippen molar-refractivity contribution in [1.29, 1.82) is 0 Å². The van der Waals surface area contributed by atoms with Gasteiger partial charge in [-0.25, -0.2) is 4.98 Å². The second kappa shape index (κ2) is 6.63. The Morgan fingerprint density at radius 3 is 2.63 bits per heavy atom. The van der Waals surface area contributed by atoms with E-state index in [0.29, 0.717) is 0 Å². The summed E-state index contributed by atoms with van der Waals surface area (Å²) in [6, 6.07) is 8.15. The molecule has 19 heavy (non-hydrogen) atoms. The Labute approximate surface area is 117 Å². The average Bonchev–Trinajstić information content (AvgIpc) is 2.97. The van der Waals surface area contributed by atoms with Gasteiger partial charge in [0.25, 0.3) is 0 Å². The molecule has 0 aliphatic carbocycles. The lowest BCUT2D eigenvalue weighted by Crippen LogP contribution is -2.25. The van der Waals surface area contributed by atoms with Gasteiger partial charge in [0, 0.05) is 18.4 Å². The van der Waals surface area contributed by atoms with E-state index in [1.165, 1.54) is 5.56 Å². The third-order valence-corrected chi connectivity index (χ3v) is 4.34. The number of H-pyrrole nitrogens is 1. The summed E-state index contributed by atoms with van der Waals surface area (Å²) < 4.78 is 5.19. The fourth-order valence-electron chi connectivity index (χ4n) is 1.85. The van der Waals surface area contributed by atoms with E-state index < -0.39 is 0 Å².